The number of carbonyl (C=O) groups is 2. The summed E-state index contributed by atoms with van der Waals surface area (Å²) in [5.74, 6) is 0.964. The number of thiocarbonyl (C=S) groups is 1. The monoisotopic (exact) mass is 467 g/mol. The van der Waals surface area contributed by atoms with Crippen LogP contribution in [0.25, 0.3) is 17.4 Å². The van der Waals surface area contributed by atoms with E-state index in [-0.39, 0.29) is 11.5 Å². The van der Waals surface area contributed by atoms with Crippen molar-refractivity contribution >= 4 is 51.9 Å². The van der Waals surface area contributed by atoms with Gasteiger partial charge in [-0.3, -0.25) is 9.69 Å². The molecule has 0 aliphatic carbocycles. The molecule has 1 aliphatic rings. The lowest BCUT2D eigenvalue weighted by Crippen LogP contribution is -2.27. The third-order valence-electron chi connectivity index (χ3n) is 4.73. The van der Waals surface area contributed by atoms with Crippen molar-refractivity contribution in [3.8, 4) is 22.8 Å². The number of hydrogen-bond acceptors (Lipinski definition) is 7. The van der Waals surface area contributed by atoms with E-state index < -0.39 is 5.97 Å². The molecule has 162 valence electrons. The number of carbonyl (C=O) groups excluding carboxylic acids is 1. The molecule has 0 unspecified atom stereocenters. The summed E-state index contributed by atoms with van der Waals surface area (Å²) < 4.78 is 16.9. The summed E-state index contributed by atoms with van der Waals surface area (Å²) in [7, 11) is 3.13. The van der Waals surface area contributed by atoms with Crippen LogP contribution < -0.4 is 14.4 Å². The molecule has 0 spiro atoms. The number of furan rings is 1. The highest BCUT2D eigenvalue weighted by Gasteiger charge is 2.33. The molecule has 1 amide bonds. The highest BCUT2D eigenvalue weighted by molar-refractivity contribution is 8.27. The zero-order chi connectivity index (χ0) is 22.8. The molecule has 0 saturated carbocycles. The number of ether oxygens (including phenoxy) is 2. The Morgan fingerprint density at radius 3 is 2.44 bits per heavy atom. The van der Waals surface area contributed by atoms with E-state index in [1.54, 1.807) is 50.6 Å². The Labute approximate surface area is 193 Å². The van der Waals surface area contributed by atoms with Gasteiger partial charge in [0.2, 0.25) is 0 Å². The van der Waals surface area contributed by atoms with E-state index in [2.05, 4.69) is 0 Å². The molecule has 9 heteroatoms. The molecule has 0 atom stereocenters. The van der Waals surface area contributed by atoms with Crippen molar-refractivity contribution in [2.75, 3.05) is 19.1 Å². The number of anilines is 1. The van der Waals surface area contributed by atoms with Crippen molar-refractivity contribution in [2.45, 2.75) is 0 Å². The van der Waals surface area contributed by atoms with Crippen molar-refractivity contribution in [1.82, 2.24) is 0 Å². The van der Waals surface area contributed by atoms with Crippen LogP contribution in [0.15, 0.2) is 63.9 Å². The average molecular weight is 468 g/mol. The topological polar surface area (TPSA) is 89.2 Å². The summed E-state index contributed by atoms with van der Waals surface area (Å²) in [5.41, 5.74) is 1.44. The van der Waals surface area contributed by atoms with Crippen LogP contribution >= 0.6 is 24.0 Å². The summed E-state index contributed by atoms with van der Waals surface area (Å²) in [4.78, 5) is 25.8. The fraction of sp³-hybridized carbons (Fsp3) is 0.0870. The maximum atomic E-state index is 12.9. The van der Waals surface area contributed by atoms with E-state index in [0.717, 1.165) is 17.3 Å². The molecule has 7 nitrogen and oxygen atoms in total. The first-order chi connectivity index (χ1) is 15.4. The van der Waals surface area contributed by atoms with Gasteiger partial charge in [-0.05, 0) is 54.6 Å². The maximum absolute atomic E-state index is 12.9. The number of methoxy groups -OCH3 is 2. The Morgan fingerprint density at radius 1 is 1.06 bits per heavy atom. The standard InChI is InChI=1S/C23H17NO6S2/c1-28-18-9-5-14(11-19(18)29-2)17-10-8-16(30-17)12-20-21(25)24(23(31)32-20)15-6-3-13(4-7-15)22(26)27/h3-12H,1-2H3,(H,26,27)/b20-12-. The Morgan fingerprint density at radius 2 is 1.78 bits per heavy atom. The van der Waals surface area contributed by atoms with Crippen LogP contribution in [0.5, 0.6) is 11.5 Å². The van der Waals surface area contributed by atoms with Crippen molar-refractivity contribution < 1.29 is 28.6 Å². The normalized spacial score (nSPS) is 14.8. The van der Waals surface area contributed by atoms with Gasteiger partial charge in [-0.25, -0.2) is 4.79 Å². The largest absolute Gasteiger partial charge is 0.493 e. The van der Waals surface area contributed by atoms with E-state index >= 15 is 0 Å². The molecule has 2 heterocycles. The van der Waals surface area contributed by atoms with Gasteiger partial charge in [0.1, 0.15) is 11.5 Å². The molecular weight excluding hydrogens is 450 g/mol. The molecule has 1 aliphatic heterocycles. The zero-order valence-electron chi connectivity index (χ0n) is 17.0. The van der Waals surface area contributed by atoms with Crippen LogP contribution in [0, 0.1) is 0 Å². The lowest BCUT2D eigenvalue weighted by atomic mass is 10.1. The fourth-order valence-electron chi connectivity index (χ4n) is 3.15. The summed E-state index contributed by atoms with van der Waals surface area (Å²) in [6.45, 7) is 0. The number of nitrogens with zero attached hydrogens (tertiary/aromatic N) is 1. The lowest BCUT2D eigenvalue weighted by molar-refractivity contribution is -0.113. The van der Waals surface area contributed by atoms with Crippen LogP contribution in [-0.2, 0) is 4.79 Å². The second kappa shape index (κ2) is 8.89. The Hall–Kier alpha value is -3.56. The minimum atomic E-state index is -1.04. The second-order valence-corrected chi connectivity index (χ2v) is 8.32. The van der Waals surface area contributed by atoms with Crippen molar-refractivity contribution in [1.29, 1.82) is 0 Å². The van der Waals surface area contributed by atoms with Crippen molar-refractivity contribution in [3.05, 3.63) is 70.8 Å². The molecule has 0 radical (unpaired) electrons. The molecule has 0 bridgehead atoms. The van der Waals surface area contributed by atoms with Gasteiger partial charge >= 0.3 is 5.97 Å². The van der Waals surface area contributed by atoms with Gasteiger partial charge in [0.05, 0.1) is 30.4 Å². The third-order valence-corrected chi connectivity index (χ3v) is 6.04. The summed E-state index contributed by atoms with van der Waals surface area (Å²) in [6, 6.07) is 15.0. The van der Waals surface area contributed by atoms with Crippen molar-refractivity contribution in [3.63, 3.8) is 0 Å². The van der Waals surface area contributed by atoms with E-state index in [4.69, 9.17) is 31.2 Å². The first-order valence-electron chi connectivity index (χ1n) is 9.35. The second-order valence-electron chi connectivity index (χ2n) is 6.64. The average Bonchev–Trinajstić information content (AvgIpc) is 3.37. The van der Waals surface area contributed by atoms with E-state index in [9.17, 15) is 9.59 Å². The van der Waals surface area contributed by atoms with Crippen LogP contribution in [0.1, 0.15) is 16.1 Å². The molecular formula is C23H17NO6S2. The predicted molar refractivity (Wildman–Crippen MR) is 126 cm³/mol. The Kier molecular flexibility index (Phi) is 6.02. The van der Waals surface area contributed by atoms with Gasteiger partial charge in [-0.2, -0.15) is 0 Å². The van der Waals surface area contributed by atoms with Gasteiger partial charge in [-0.15, -0.1) is 0 Å². The number of benzene rings is 2. The van der Waals surface area contributed by atoms with Crippen LogP contribution in [0.3, 0.4) is 0 Å². The van der Waals surface area contributed by atoms with E-state index in [1.165, 1.54) is 17.0 Å². The van der Waals surface area contributed by atoms with Crippen LogP contribution in [0.4, 0.5) is 5.69 Å². The summed E-state index contributed by atoms with van der Waals surface area (Å²) in [5, 5.41) is 9.05. The number of aromatic carboxylic acids is 1. The van der Waals surface area contributed by atoms with Gasteiger partial charge in [0.25, 0.3) is 5.91 Å². The minimum absolute atomic E-state index is 0.132. The fourth-order valence-corrected chi connectivity index (χ4v) is 4.43. The third kappa shape index (κ3) is 4.12. The molecule has 2 aromatic carbocycles. The first-order valence-corrected chi connectivity index (χ1v) is 10.6. The maximum Gasteiger partial charge on any atom is 0.335 e. The lowest BCUT2D eigenvalue weighted by Gasteiger charge is -2.14. The van der Waals surface area contributed by atoms with E-state index in [0.29, 0.717) is 37.9 Å². The molecule has 4 rings (SSSR count). The van der Waals surface area contributed by atoms with E-state index in [1.807, 2.05) is 12.1 Å². The van der Waals surface area contributed by atoms with Crippen molar-refractivity contribution in [2.24, 2.45) is 0 Å². The number of amides is 1. The van der Waals surface area contributed by atoms with Crippen LogP contribution in [0.2, 0.25) is 0 Å². The first kappa shape index (κ1) is 21.7. The number of rotatable bonds is 6. The molecule has 1 N–H and O–H groups in total. The molecule has 32 heavy (non-hydrogen) atoms. The van der Waals surface area contributed by atoms with Gasteiger partial charge in [0.15, 0.2) is 15.8 Å². The molecule has 1 aromatic heterocycles. The Balaban J connectivity index is 1.58. The number of carboxylic acid groups (broad SMARTS) is 1. The summed E-state index contributed by atoms with van der Waals surface area (Å²) in [6.07, 6.45) is 1.63. The SMILES string of the molecule is COc1ccc(-c2ccc(/C=C3\SC(=S)N(c4ccc(C(=O)O)cc4)C3=O)o2)cc1OC. The smallest absolute Gasteiger partial charge is 0.335 e. The number of carboxylic acids is 1. The molecule has 3 aromatic rings. The minimum Gasteiger partial charge on any atom is -0.493 e. The number of hydrogen-bond donors (Lipinski definition) is 1. The van der Waals surface area contributed by atoms with Gasteiger partial charge < -0.3 is 19.0 Å². The molecule has 1 fully saturated rings. The highest BCUT2D eigenvalue weighted by Crippen LogP contribution is 2.37. The van der Waals surface area contributed by atoms with Gasteiger partial charge in [-0.1, -0.05) is 24.0 Å². The van der Waals surface area contributed by atoms with Gasteiger partial charge in [0, 0.05) is 11.6 Å². The number of thioether (sulfide) groups is 1. The molecule has 1 saturated heterocycles. The highest BCUT2D eigenvalue weighted by atomic mass is 32.2. The predicted octanol–water partition coefficient (Wildman–Crippen LogP) is 5.07. The quantitative estimate of drug-likeness (QED) is 0.397. The zero-order valence-corrected chi connectivity index (χ0v) is 18.7. The summed E-state index contributed by atoms with van der Waals surface area (Å²) >= 11 is 6.52. The van der Waals surface area contributed by atoms with Crippen LogP contribution in [-0.4, -0.2) is 35.5 Å². The Bertz CT molecular complexity index is 1250.